The molecule has 0 radical (unpaired) electrons. The number of aryl methyl sites for hydroxylation is 2. The highest BCUT2D eigenvalue weighted by molar-refractivity contribution is 7.92. The molecule has 2 aromatic carbocycles. The summed E-state index contributed by atoms with van der Waals surface area (Å²) >= 11 is 0. The van der Waals surface area contributed by atoms with Crippen LogP contribution in [0.5, 0.6) is 5.75 Å². The molecule has 0 saturated carbocycles. The molecule has 168 valence electrons. The van der Waals surface area contributed by atoms with Crippen LogP contribution < -0.4 is 14.4 Å². The Morgan fingerprint density at radius 2 is 1.84 bits per heavy atom. The van der Waals surface area contributed by atoms with Gasteiger partial charge in [-0.3, -0.25) is 9.10 Å². The number of amides is 1. The quantitative estimate of drug-likeness (QED) is 0.668. The van der Waals surface area contributed by atoms with E-state index in [1.807, 2.05) is 6.92 Å². The number of hydrogen-bond donors (Lipinski definition) is 1. The molecular weight excluding hydrogens is 412 g/mol. The third-order valence-corrected chi connectivity index (χ3v) is 7.14. The molecule has 7 heteroatoms. The molecule has 2 aromatic rings. The lowest BCUT2D eigenvalue weighted by atomic mass is 9.88. The Bertz CT molecular complexity index is 1040. The van der Waals surface area contributed by atoms with E-state index < -0.39 is 16.1 Å². The summed E-state index contributed by atoms with van der Waals surface area (Å²) in [5, 5.41) is 3.06. The summed E-state index contributed by atoms with van der Waals surface area (Å²) in [6.07, 6.45) is 6.43. The lowest BCUT2D eigenvalue weighted by Gasteiger charge is -2.30. The van der Waals surface area contributed by atoms with Gasteiger partial charge in [-0.05, 0) is 67.9 Å². The second kappa shape index (κ2) is 9.73. The molecule has 2 atom stereocenters. The highest BCUT2D eigenvalue weighted by atomic mass is 32.2. The molecule has 0 fully saturated rings. The molecule has 3 rings (SSSR count). The molecule has 1 aliphatic carbocycles. The maximum Gasteiger partial charge on any atom is 0.244 e. The number of ether oxygens (including phenoxy) is 1. The number of benzene rings is 2. The van der Waals surface area contributed by atoms with Crippen LogP contribution in [0.3, 0.4) is 0 Å². The van der Waals surface area contributed by atoms with Crippen molar-refractivity contribution in [2.45, 2.75) is 58.0 Å². The third kappa shape index (κ3) is 5.39. The fourth-order valence-electron chi connectivity index (χ4n) is 4.24. The van der Waals surface area contributed by atoms with Crippen LogP contribution in [0.2, 0.25) is 0 Å². The van der Waals surface area contributed by atoms with Crippen LogP contribution in [-0.4, -0.2) is 33.7 Å². The summed E-state index contributed by atoms with van der Waals surface area (Å²) < 4.78 is 31.5. The molecule has 0 aromatic heterocycles. The highest BCUT2D eigenvalue weighted by Crippen LogP contribution is 2.28. The van der Waals surface area contributed by atoms with Gasteiger partial charge in [0.15, 0.2) is 0 Å². The molecule has 0 unspecified atom stereocenters. The first-order valence-electron chi connectivity index (χ1n) is 10.8. The average molecular weight is 445 g/mol. The average Bonchev–Trinajstić information content (AvgIpc) is 2.76. The van der Waals surface area contributed by atoms with Crippen molar-refractivity contribution < 1.29 is 17.9 Å². The molecule has 0 saturated heterocycles. The number of sulfonamides is 1. The van der Waals surface area contributed by atoms with E-state index >= 15 is 0 Å². The van der Waals surface area contributed by atoms with Gasteiger partial charge in [0.2, 0.25) is 15.9 Å². The topological polar surface area (TPSA) is 75.7 Å². The molecule has 1 N–H and O–H groups in total. The van der Waals surface area contributed by atoms with Crippen LogP contribution >= 0.6 is 0 Å². The number of fused-ring (bicyclic) bond motifs is 1. The Morgan fingerprint density at radius 3 is 2.48 bits per heavy atom. The minimum atomic E-state index is -3.69. The highest BCUT2D eigenvalue weighted by Gasteiger charge is 2.30. The SMILES string of the molecule is CC[C@H](NC(=O)[C@@H](C)N(c1cccc(OC)c1)S(C)(=O)=O)c1ccc2c(c1)CCCC2. The Morgan fingerprint density at radius 1 is 1.13 bits per heavy atom. The van der Waals surface area contributed by atoms with Crippen molar-refractivity contribution in [3.8, 4) is 5.75 Å². The fraction of sp³-hybridized carbons (Fsp3) is 0.458. The van der Waals surface area contributed by atoms with E-state index in [-0.39, 0.29) is 11.9 Å². The molecule has 1 aliphatic rings. The molecule has 0 heterocycles. The standard InChI is InChI=1S/C24H32N2O4S/c1-5-23(20-14-13-18-9-6-7-10-19(18)15-20)25-24(27)17(2)26(31(4,28)29)21-11-8-12-22(16-21)30-3/h8,11-17,23H,5-7,9-10H2,1-4H3,(H,25,27)/t17-,23+/m1/s1. The maximum atomic E-state index is 13.1. The van der Waals surface area contributed by atoms with Gasteiger partial charge in [0.25, 0.3) is 0 Å². The van der Waals surface area contributed by atoms with Crippen LogP contribution in [0.1, 0.15) is 55.8 Å². The van der Waals surface area contributed by atoms with E-state index in [1.165, 1.54) is 31.1 Å². The molecule has 6 nitrogen and oxygen atoms in total. The van der Waals surface area contributed by atoms with E-state index in [9.17, 15) is 13.2 Å². The van der Waals surface area contributed by atoms with Crippen molar-refractivity contribution in [1.82, 2.24) is 5.32 Å². The van der Waals surface area contributed by atoms with Crippen molar-refractivity contribution in [3.05, 3.63) is 59.2 Å². The monoisotopic (exact) mass is 444 g/mol. The Labute approximate surface area is 185 Å². The van der Waals surface area contributed by atoms with Crippen molar-refractivity contribution in [3.63, 3.8) is 0 Å². The summed E-state index contributed by atoms with van der Waals surface area (Å²) in [6.45, 7) is 3.63. The zero-order valence-electron chi connectivity index (χ0n) is 18.7. The van der Waals surface area contributed by atoms with Gasteiger partial charge in [0, 0.05) is 6.07 Å². The summed E-state index contributed by atoms with van der Waals surface area (Å²) in [6, 6.07) is 12.1. The van der Waals surface area contributed by atoms with Gasteiger partial charge < -0.3 is 10.1 Å². The normalized spacial score (nSPS) is 15.5. The van der Waals surface area contributed by atoms with Crippen LogP contribution in [0.25, 0.3) is 0 Å². The van der Waals surface area contributed by atoms with Gasteiger partial charge in [-0.15, -0.1) is 0 Å². The first kappa shape index (κ1) is 23.1. The Kier molecular flexibility index (Phi) is 7.26. The molecular formula is C24H32N2O4S. The van der Waals surface area contributed by atoms with Crippen LogP contribution in [0, 0.1) is 0 Å². The van der Waals surface area contributed by atoms with Gasteiger partial charge in [0.1, 0.15) is 11.8 Å². The number of methoxy groups -OCH3 is 1. The van der Waals surface area contributed by atoms with Crippen LogP contribution in [-0.2, 0) is 27.7 Å². The summed E-state index contributed by atoms with van der Waals surface area (Å²) in [5.41, 5.74) is 4.21. The lowest BCUT2D eigenvalue weighted by Crippen LogP contribution is -2.48. The first-order chi connectivity index (χ1) is 14.7. The van der Waals surface area contributed by atoms with Gasteiger partial charge >= 0.3 is 0 Å². The number of carbonyl (C=O) groups excluding carboxylic acids is 1. The van der Waals surface area contributed by atoms with E-state index in [2.05, 4.69) is 23.5 Å². The predicted octanol–water partition coefficient (Wildman–Crippen LogP) is 4.00. The summed E-state index contributed by atoms with van der Waals surface area (Å²) in [4.78, 5) is 13.1. The number of rotatable bonds is 8. The van der Waals surface area contributed by atoms with Crippen LogP contribution in [0.15, 0.2) is 42.5 Å². The van der Waals surface area contributed by atoms with E-state index in [1.54, 1.807) is 31.2 Å². The van der Waals surface area contributed by atoms with Gasteiger partial charge in [-0.25, -0.2) is 8.42 Å². The summed E-state index contributed by atoms with van der Waals surface area (Å²) in [7, 11) is -2.17. The van der Waals surface area contributed by atoms with E-state index in [0.717, 1.165) is 35.4 Å². The van der Waals surface area contributed by atoms with Gasteiger partial charge in [0.05, 0.1) is 25.1 Å². The van der Waals surface area contributed by atoms with Crippen molar-refractivity contribution in [2.24, 2.45) is 0 Å². The molecule has 0 spiro atoms. The van der Waals surface area contributed by atoms with Gasteiger partial charge in [-0.2, -0.15) is 0 Å². The fourth-order valence-corrected chi connectivity index (χ4v) is 5.41. The molecule has 0 bridgehead atoms. The van der Waals surface area contributed by atoms with E-state index in [0.29, 0.717) is 11.4 Å². The smallest absolute Gasteiger partial charge is 0.244 e. The lowest BCUT2D eigenvalue weighted by molar-refractivity contribution is -0.122. The van der Waals surface area contributed by atoms with Crippen molar-refractivity contribution >= 4 is 21.6 Å². The second-order valence-corrected chi connectivity index (χ2v) is 10.0. The zero-order chi connectivity index (χ0) is 22.6. The minimum absolute atomic E-state index is 0.172. The third-order valence-electron chi connectivity index (χ3n) is 5.90. The molecule has 1 amide bonds. The first-order valence-corrected chi connectivity index (χ1v) is 12.6. The largest absolute Gasteiger partial charge is 0.497 e. The molecule has 31 heavy (non-hydrogen) atoms. The Hall–Kier alpha value is -2.54. The van der Waals surface area contributed by atoms with E-state index in [4.69, 9.17) is 4.74 Å². The number of nitrogens with one attached hydrogen (secondary N) is 1. The number of carbonyl (C=O) groups is 1. The van der Waals surface area contributed by atoms with Crippen molar-refractivity contribution in [1.29, 1.82) is 0 Å². The zero-order valence-corrected chi connectivity index (χ0v) is 19.5. The minimum Gasteiger partial charge on any atom is -0.497 e. The number of hydrogen-bond acceptors (Lipinski definition) is 4. The number of nitrogens with zero attached hydrogens (tertiary/aromatic N) is 1. The van der Waals surface area contributed by atoms with Gasteiger partial charge in [-0.1, -0.05) is 31.2 Å². The van der Waals surface area contributed by atoms with Crippen LogP contribution in [0.4, 0.5) is 5.69 Å². The number of anilines is 1. The summed E-state index contributed by atoms with van der Waals surface area (Å²) in [5.74, 6) is 0.192. The van der Waals surface area contributed by atoms with Crippen molar-refractivity contribution in [2.75, 3.05) is 17.7 Å². The molecule has 0 aliphatic heterocycles. The predicted molar refractivity (Wildman–Crippen MR) is 124 cm³/mol. The second-order valence-electron chi connectivity index (χ2n) is 8.14. The maximum absolute atomic E-state index is 13.1. The Balaban J connectivity index is 1.83.